The Hall–Kier alpha value is -11.5. The summed E-state index contributed by atoms with van der Waals surface area (Å²) in [5.41, 5.74) is 27.5. The fraction of sp³-hybridized carbons (Fsp3) is 0. The predicted molar refractivity (Wildman–Crippen MR) is 355 cm³/mol. The molecule has 0 saturated heterocycles. The van der Waals surface area contributed by atoms with E-state index in [1.807, 2.05) is 36.4 Å². The molecule has 87 heavy (non-hydrogen) atoms. The highest BCUT2D eigenvalue weighted by Crippen LogP contribution is 2.55. The molecule has 12 aromatic carbocycles. The summed E-state index contributed by atoms with van der Waals surface area (Å²) in [6, 6.07) is 84.8. The van der Waals surface area contributed by atoms with Crippen LogP contribution in [0.3, 0.4) is 0 Å². The van der Waals surface area contributed by atoms with Gasteiger partial charge in [-0.2, -0.15) is 5.26 Å². The van der Waals surface area contributed by atoms with Crippen LogP contribution in [0.25, 0.3) is 26.8 Å². The first kappa shape index (κ1) is 45.9. The van der Waals surface area contributed by atoms with Crippen LogP contribution in [0, 0.1) is 17.9 Å². The molecule has 0 unspecified atom stereocenters. The molecule has 0 aliphatic carbocycles. The minimum atomic E-state index is -0.295. The molecule has 0 radical (unpaired) electrons. The summed E-state index contributed by atoms with van der Waals surface area (Å²) in [5.74, 6) is 2.71. The van der Waals surface area contributed by atoms with Gasteiger partial charge in [0.05, 0.1) is 17.9 Å². The minimum Gasteiger partial charge on any atom is -0.469 e. The quantitative estimate of drug-likeness (QED) is 0.125. The van der Waals surface area contributed by atoms with E-state index in [2.05, 4.69) is 225 Å². The van der Waals surface area contributed by atoms with E-state index in [0.717, 1.165) is 156 Å². The van der Waals surface area contributed by atoms with Crippen molar-refractivity contribution in [3.63, 3.8) is 0 Å². The zero-order valence-corrected chi connectivity index (χ0v) is 46.2. The van der Waals surface area contributed by atoms with E-state index in [1.54, 1.807) is 0 Å². The lowest BCUT2D eigenvalue weighted by Crippen LogP contribution is -2.68. The molecule has 9 nitrogen and oxygen atoms in total. The van der Waals surface area contributed by atoms with Crippen molar-refractivity contribution in [1.82, 2.24) is 0 Å². The Labute approximate surface area is 500 Å². The van der Waals surface area contributed by atoms with Gasteiger partial charge in [0.25, 0.3) is 25.8 Å². The van der Waals surface area contributed by atoms with Gasteiger partial charge in [0, 0.05) is 79.8 Å². The van der Waals surface area contributed by atoms with E-state index in [1.165, 1.54) is 10.9 Å². The van der Waals surface area contributed by atoms with Crippen molar-refractivity contribution in [2.45, 2.75) is 0 Å². The van der Waals surface area contributed by atoms with Crippen LogP contribution in [-0.4, -0.2) is 26.9 Å². The zero-order chi connectivity index (χ0) is 56.7. The van der Waals surface area contributed by atoms with E-state index in [4.69, 9.17) is 13.9 Å². The number of para-hydroxylation sites is 8. The summed E-state index contributed by atoms with van der Waals surface area (Å²) >= 11 is 0. The molecule has 9 heterocycles. The monoisotopic (exact) mass is 1100 g/mol. The summed E-state index contributed by atoms with van der Waals surface area (Å²) in [6.07, 6.45) is 0. The number of ether oxygens (including phenoxy) is 2. The van der Waals surface area contributed by atoms with E-state index in [9.17, 15) is 11.8 Å². The van der Waals surface area contributed by atoms with Crippen LogP contribution in [0.5, 0.6) is 23.0 Å². The molecule has 394 valence electrons. The molecular formula is C74H38B4N6O3. The first-order valence-corrected chi connectivity index (χ1v) is 29.6. The number of nitrogens with zero attached hydrogens (tertiary/aromatic N) is 6. The summed E-state index contributed by atoms with van der Waals surface area (Å²) in [7, 11) is 0. The molecule has 0 atom stereocenters. The first-order valence-electron chi connectivity index (χ1n) is 29.6. The van der Waals surface area contributed by atoms with Gasteiger partial charge in [-0.1, -0.05) is 158 Å². The maximum Gasteiger partial charge on any atom is 0.256 e. The molecule has 0 fully saturated rings. The highest BCUT2D eigenvalue weighted by Gasteiger charge is 2.55. The number of fused-ring (bicyclic) bond motifs is 23. The van der Waals surface area contributed by atoms with Gasteiger partial charge in [-0.25, -0.2) is 4.85 Å². The van der Waals surface area contributed by atoms with Crippen LogP contribution < -0.4 is 94.6 Å². The van der Waals surface area contributed by atoms with E-state index in [0.29, 0.717) is 22.7 Å². The lowest BCUT2D eigenvalue weighted by molar-refractivity contribution is 0.486. The van der Waals surface area contributed by atoms with Gasteiger partial charge in [0.15, 0.2) is 0 Å². The van der Waals surface area contributed by atoms with Gasteiger partial charge in [0.1, 0.15) is 45.8 Å². The zero-order valence-electron chi connectivity index (χ0n) is 46.2. The molecule has 13 heteroatoms. The lowest BCUT2D eigenvalue weighted by Gasteiger charge is -2.49. The second-order valence-corrected chi connectivity index (χ2v) is 23.8. The van der Waals surface area contributed by atoms with Crippen LogP contribution >= 0.6 is 0 Å². The van der Waals surface area contributed by atoms with Crippen molar-refractivity contribution in [2.75, 3.05) is 19.6 Å². The number of anilines is 12. The Morgan fingerprint density at radius 3 is 1.20 bits per heavy atom. The Morgan fingerprint density at radius 1 is 0.356 bits per heavy atom. The number of benzene rings is 12. The number of nitriles is 1. The SMILES string of the molecule is [C-]#[N+]c1c2c3c4c5c1N(c1ccccc1)c1cc6oc7cc8c(cc7c6cc1B5c1ccccc1N4c1ccccc1B3c1ccccc1O2)B1c2ccccc2N2c3ccccc3B3c4ccccc4Oc4c(C#N)c(c1c2c43)N8c1ccccc1. The molecule has 1 aromatic heterocycles. The average molecular weight is 1100 g/mol. The Bertz CT molecular complexity index is 5150. The molecule has 13 aromatic rings. The number of hydrogen-bond acceptors (Lipinski definition) is 8. The fourth-order valence-corrected chi connectivity index (χ4v) is 16.8. The molecule has 21 rings (SSSR count). The summed E-state index contributed by atoms with van der Waals surface area (Å²) in [5, 5.41) is 13.9. The van der Waals surface area contributed by atoms with Gasteiger partial charge >= 0.3 is 0 Å². The third-order valence-corrected chi connectivity index (χ3v) is 19.9. The third kappa shape index (κ3) is 5.51. The molecule has 0 amide bonds. The van der Waals surface area contributed by atoms with E-state index >= 15 is 0 Å². The molecule has 0 spiro atoms. The third-order valence-electron chi connectivity index (χ3n) is 19.9. The Morgan fingerprint density at radius 2 is 0.736 bits per heavy atom. The molecule has 8 aliphatic rings. The van der Waals surface area contributed by atoms with Crippen molar-refractivity contribution >= 4 is 188 Å². The van der Waals surface area contributed by atoms with E-state index < -0.39 is 0 Å². The molecule has 0 N–H and O–H groups in total. The van der Waals surface area contributed by atoms with Crippen molar-refractivity contribution in [3.05, 3.63) is 248 Å². The van der Waals surface area contributed by atoms with Crippen LogP contribution in [0.2, 0.25) is 0 Å². The van der Waals surface area contributed by atoms with Crippen molar-refractivity contribution in [3.8, 4) is 29.1 Å². The molecule has 8 aliphatic heterocycles. The predicted octanol–water partition coefficient (Wildman–Crippen LogP) is 10.0. The van der Waals surface area contributed by atoms with Gasteiger partial charge in [-0.15, -0.1) is 0 Å². The second kappa shape index (κ2) is 16.2. The van der Waals surface area contributed by atoms with Crippen LogP contribution in [-0.2, 0) is 0 Å². The summed E-state index contributed by atoms with van der Waals surface area (Å²) in [4.78, 5) is 14.1. The summed E-state index contributed by atoms with van der Waals surface area (Å²) < 4.78 is 21.6. The van der Waals surface area contributed by atoms with Gasteiger partial charge < -0.3 is 33.5 Å². The molecule has 0 saturated carbocycles. The normalized spacial score (nSPS) is 14.4. The van der Waals surface area contributed by atoms with Gasteiger partial charge in [0.2, 0.25) is 6.71 Å². The molecule has 0 bridgehead atoms. The van der Waals surface area contributed by atoms with E-state index in [-0.39, 0.29) is 26.9 Å². The Kier molecular flexibility index (Phi) is 8.56. The average Bonchev–Trinajstić information content (AvgIpc) is 0.969. The highest BCUT2D eigenvalue weighted by molar-refractivity contribution is 7.06. The number of rotatable bonds is 2. The number of furan rings is 1. The van der Waals surface area contributed by atoms with Crippen LogP contribution in [0.4, 0.5) is 73.9 Å². The largest absolute Gasteiger partial charge is 0.469 e. The van der Waals surface area contributed by atoms with Crippen LogP contribution in [0.1, 0.15) is 5.56 Å². The lowest BCUT2D eigenvalue weighted by atomic mass is 9.29. The highest BCUT2D eigenvalue weighted by atomic mass is 16.5. The maximum absolute atomic E-state index is 11.9. The van der Waals surface area contributed by atoms with Gasteiger partial charge in [-0.05, 0) is 126 Å². The first-order chi connectivity index (χ1) is 43.1. The van der Waals surface area contributed by atoms with Crippen molar-refractivity contribution < 1.29 is 13.9 Å². The number of hydrogen-bond donors (Lipinski definition) is 0. The molecular weight excluding hydrogens is 1060 g/mol. The smallest absolute Gasteiger partial charge is 0.256 e. The van der Waals surface area contributed by atoms with Crippen LogP contribution in [0.15, 0.2) is 235 Å². The topological polar surface area (TPSA) is 72.7 Å². The van der Waals surface area contributed by atoms with Crippen molar-refractivity contribution in [2.24, 2.45) is 0 Å². The fourth-order valence-electron chi connectivity index (χ4n) is 16.8. The minimum absolute atomic E-state index is 0.173. The summed E-state index contributed by atoms with van der Waals surface area (Å²) in [6.45, 7) is 8.37. The maximum atomic E-state index is 11.9. The second-order valence-electron chi connectivity index (χ2n) is 23.8. The van der Waals surface area contributed by atoms with Crippen molar-refractivity contribution in [1.29, 1.82) is 5.26 Å². The van der Waals surface area contributed by atoms with Gasteiger partial charge in [-0.3, -0.25) is 0 Å². The standard InChI is InChI=1S/C74H38B4N6O3/c1-80-68-72-65-71-67-74(68)87-61-35-19-13-29-51(61)76(67)47-25-9-15-31-55(47)84(71)57-33-17-11-27-49(57)78(65)53-37-44-43-36-52-58(38-62(43)85-63(44)39-59(53)82(72)42-22-6-3-7-23-42)81(41-20-4-2-5-21-41)69-45(40-79)73-66-70-64(69)77(52)48-26-10-16-32-56(48)83(70)54-30-14-8-24-46(54)75(66)50-28-12-18-34-60(50)86-73/h2-39H. The Balaban J connectivity index is 0.870.